The second kappa shape index (κ2) is 8.91. The minimum atomic E-state index is -0.298. The fourth-order valence-corrected chi connectivity index (χ4v) is 4.55. The van der Waals surface area contributed by atoms with Crippen molar-refractivity contribution in [3.8, 4) is 0 Å². The van der Waals surface area contributed by atoms with E-state index in [1.54, 1.807) is 11.8 Å². The smallest absolute Gasteiger partial charge is 0.306 e. The maximum absolute atomic E-state index is 12.2. The third-order valence-electron chi connectivity index (χ3n) is 4.07. The van der Waals surface area contributed by atoms with Crippen molar-refractivity contribution in [2.45, 2.75) is 38.2 Å². The number of fused-ring (bicyclic) bond motifs is 1. The molecule has 0 radical (unpaired) electrons. The molecule has 2 aromatic heterocycles. The van der Waals surface area contributed by atoms with Gasteiger partial charge in [0.2, 0.25) is 0 Å². The predicted octanol–water partition coefficient (Wildman–Crippen LogP) is 4.87. The zero-order valence-corrected chi connectivity index (χ0v) is 17.4. The molecule has 0 aliphatic carbocycles. The Morgan fingerprint density at radius 1 is 1.30 bits per heavy atom. The lowest BCUT2D eigenvalue weighted by Gasteiger charge is -2.05. The highest BCUT2D eigenvalue weighted by atomic mass is 35.5. The summed E-state index contributed by atoms with van der Waals surface area (Å²) in [6, 6.07) is 7.60. The van der Waals surface area contributed by atoms with Crippen LogP contribution in [0.1, 0.15) is 29.1 Å². The number of hydrogen-bond acceptors (Lipinski definition) is 6. The number of carbonyl (C=O) groups excluding carboxylic acids is 1. The van der Waals surface area contributed by atoms with Gasteiger partial charge in [0, 0.05) is 21.2 Å². The first-order chi connectivity index (χ1) is 12.9. The Labute approximate surface area is 170 Å². The highest BCUT2D eigenvalue weighted by Crippen LogP contribution is 2.25. The predicted molar refractivity (Wildman–Crippen MR) is 111 cm³/mol. The SMILES string of the molecule is Cc1sc2nc(COC(=O)CCCSc3ccc(Cl)cc3)[nH]c(=O)c2c1C. The number of H-pyrrole nitrogens is 1. The number of benzene rings is 1. The third-order valence-corrected chi connectivity index (χ3v) is 6.52. The lowest BCUT2D eigenvalue weighted by atomic mass is 10.2. The number of aryl methyl sites for hydroxylation is 2. The van der Waals surface area contributed by atoms with Crippen LogP contribution in [0.3, 0.4) is 0 Å². The zero-order chi connectivity index (χ0) is 19.4. The van der Waals surface area contributed by atoms with Gasteiger partial charge >= 0.3 is 5.97 Å². The van der Waals surface area contributed by atoms with Crippen molar-refractivity contribution >= 4 is 50.9 Å². The van der Waals surface area contributed by atoms with Crippen LogP contribution >= 0.6 is 34.7 Å². The van der Waals surface area contributed by atoms with Gasteiger partial charge in [-0.05, 0) is 55.9 Å². The fourth-order valence-electron chi connectivity index (χ4n) is 2.53. The highest BCUT2D eigenvalue weighted by Gasteiger charge is 2.12. The number of halogens is 1. The number of aromatic amines is 1. The molecule has 1 aromatic carbocycles. The molecule has 5 nitrogen and oxygen atoms in total. The summed E-state index contributed by atoms with van der Waals surface area (Å²) in [4.78, 5) is 34.1. The lowest BCUT2D eigenvalue weighted by Crippen LogP contribution is -2.14. The highest BCUT2D eigenvalue weighted by molar-refractivity contribution is 7.99. The van der Waals surface area contributed by atoms with E-state index in [9.17, 15) is 9.59 Å². The minimum Gasteiger partial charge on any atom is -0.458 e. The van der Waals surface area contributed by atoms with E-state index in [4.69, 9.17) is 16.3 Å². The number of esters is 1. The summed E-state index contributed by atoms with van der Waals surface area (Å²) in [5.74, 6) is 0.886. The summed E-state index contributed by atoms with van der Waals surface area (Å²) in [6.07, 6.45) is 1.03. The molecule has 0 atom stereocenters. The van der Waals surface area contributed by atoms with E-state index in [0.717, 1.165) is 21.1 Å². The molecule has 0 saturated carbocycles. The summed E-state index contributed by atoms with van der Waals surface area (Å²) < 4.78 is 5.24. The molecule has 0 aliphatic rings. The van der Waals surface area contributed by atoms with Crippen LogP contribution in [0, 0.1) is 13.8 Å². The summed E-state index contributed by atoms with van der Waals surface area (Å²) in [6.45, 7) is 3.85. The van der Waals surface area contributed by atoms with E-state index in [-0.39, 0.29) is 18.1 Å². The maximum atomic E-state index is 12.2. The number of nitrogens with zero attached hydrogens (tertiary/aromatic N) is 1. The van der Waals surface area contributed by atoms with Crippen LogP contribution in [0.2, 0.25) is 5.02 Å². The van der Waals surface area contributed by atoms with E-state index >= 15 is 0 Å². The normalized spacial score (nSPS) is 11.1. The molecule has 1 N–H and O–H groups in total. The monoisotopic (exact) mass is 422 g/mol. The Morgan fingerprint density at radius 3 is 2.78 bits per heavy atom. The van der Waals surface area contributed by atoms with Gasteiger partial charge in [0.25, 0.3) is 5.56 Å². The average molecular weight is 423 g/mol. The first kappa shape index (κ1) is 19.9. The van der Waals surface area contributed by atoms with E-state index < -0.39 is 0 Å². The first-order valence-corrected chi connectivity index (χ1v) is 10.6. The number of rotatable bonds is 7. The van der Waals surface area contributed by atoms with Crippen molar-refractivity contribution in [2.75, 3.05) is 5.75 Å². The Bertz CT molecular complexity index is 1010. The quantitative estimate of drug-likeness (QED) is 0.334. The van der Waals surface area contributed by atoms with Crippen molar-refractivity contribution in [1.82, 2.24) is 9.97 Å². The summed E-state index contributed by atoms with van der Waals surface area (Å²) in [5, 5.41) is 1.33. The Balaban J connectivity index is 1.47. The van der Waals surface area contributed by atoms with Crippen LogP contribution < -0.4 is 5.56 Å². The number of ether oxygens (including phenoxy) is 1. The molecule has 0 spiro atoms. The summed E-state index contributed by atoms with van der Waals surface area (Å²) in [7, 11) is 0. The summed E-state index contributed by atoms with van der Waals surface area (Å²) >= 11 is 9.00. The second-order valence-electron chi connectivity index (χ2n) is 6.04. The van der Waals surface area contributed by atoms with Crippen molar-refractivity contribution in [2.24, 2.45) is 0 Å². The van der Waals surface area contributed by atoms with Gasteiger partial charge in [0.15, 0.2) is 0 Å². The second-order valence-corrected chi connectivity index (χ2v) is 8.85. The number of thiophene rings is 1. The number of aromatic nitrogens is 2. The maximum Gasteiger partial charge on any atom is 0.306 e. The van der Waals surface area contributed by atoms with Crippen LogP contribution in [0.25, 0.3) is 10.2 Å². The molecule has 0 bridgehead atoms. The van der Waals surface area contributed by atoms with Gasteiger partial charge in [-0.3, -0.25) is 9.59 Å². The number of carbonyl (C=O) groups is 1. The molecule has 0 fully saturated rings. The molecule has 3 rings (SSSR count). The van der Waals surface area contributed by atoms with E-state index in [0.29, 0.717) is 33.9 Å². The first-order valence-electron chi connectivity index (χ1n) is 8.47. The molecule has 3 aromatic rings. The molecule has 0 unspecified atom stereocenters. The van der Waals surface area contributed by atoms with Crippen LogP contribution in [0.5, 0.6) is 0 Å². The van der Waals surface area contributed by atoms with Crippen LogP contribution in [0.4, 0.5) is 0 Å². The van der Waals surface area contributed by atoms with Gasteiger partial charge in [-0.25, -0.2) is 4.98 Å². The van der Waals surface area contributed by atoms with Gasteiger partial charge in [-0.15, -0.1) is 23.1 Å². The number of thioether (sulfide) groups is 1. The Hall–Kier alpha value is -1.83. The van der Waals surface area contributed by atoms with Gasteiger partial charge < -0.3 is 9.72 Å². The van der Waals surface area contributed by atoms with Crippen molar-refractivity contribution in [1.29, 1.82) is 0 Å². The molecule has 27 heavy (non-hydrogen) atoms. The van der Waals surface area contributed by atoms with Crippen molar-refractivity contribution < 1.29 is 9.53 Å². The van der Waals surface area contributed by atoms with Crippen LogP contribution in [0.15, 0.2) is 34.0 Å². The number of nitrogens with one attached hydrogen (secondary N) is 1. The molecule has 0 aliphatic heterocycles. The Kier molecular flexibility index (Phi) is 6.57. The van der Waals surface area contributed by atoms with Gasteiger partial charge in [-0.2, -0.15) is 0 Å². The Morgan fingerprint density at radius 2 is 2.04 bits per heavy atom. The molecular weight excluding hydrogens is 404 g/mol. The van der Waals surface area contributed by atoms with Crippen molar-refractivity contribution in [3.05, 3.63) is 55.9 Å². The minimum absolute atomic E-state index is 0.0235. The molecule has 142 valence electrons. The van der Waals surface area contributed by atoms with E-state index in [1.807, 2.05) is 38.1 Å². The fraction of sp³-hybridized carbons (Fsp3) is 0.316. The van der Waals surface area contributed by atoms with Crippen LogP contribution in [-0.2, 0) is 16.1 Å². The van der Waals surface area contributed by atoms with Gasteiger partial charge in [0.05, 0.1) is 5.39 Å². The number of hydrogen-bond donors (Lipinski definition) is 1. The average Bonchev–Trinajstić information content (AvgIpc) is 2.93. The van der Waals surface area contributed by atoms with E-state index in [2.05, 4.69) is 9.97 Å². The van der Waals surface area contributed by atoms with Crippen molar-refractivity contribution in [3.63, 3.8) is 0 Å². The standard InChI is InChI=1S/C19H19ClN2O3S2/c1-11-12(2)27-19-17(11)18(24)21-15(22-19)10-25-16(23)4-3-9-26-14-7-5-13(20)6-8-14/h5-8H,3-4,9-10H2,1-2H3,(H,21,22,24). The molecule has 8 heteroatoms. The summed E-state index contributed by atoms with van der Waals surface area (Å²) in [5.41, 5.74) is 0.762. The van der Waals surface area contributed by atoms with E-state index in [1.165, 1.54) is 11.3 Å². The van der Waals surface area contributed by atoms with Gasteiger partial charge in [0.1, 0.15) is 17.3 Å². The molecule has 0 amide bonds. The molecular formula is C19H19ClN2O3S2. The third kappa shape index (κ3) is 5.12. The molecule has 0 saturated heterocycles. The van der Waals surface area contributed by atoms with Crippen LogP contribution in [-0.4, -0.2) is 21.7 Å². The topological polar surface area (TPSA) is 72.0 Å². The largest absolute Gasteiger partial charge is 0.458 e. The van der Waals surface area contributed by atoms with Gasteiger partial charge in [-0.1, -0.05) is 11.6 Å². The lowest BCUT2D eigenvalue weighted by molar-refractivity contribution is -0.145. The zero-order valence-electron chi connectivity index (χ0n) is 15.0. The molecule has 2 heterocycles.